The van der Waals surface area contributed by atoms with Gasteiger partial charge >= 0.3 is 0 Å². The van der Waals surface area contributed by atoms with Crippen molar-refractivity contribution in [3.63, 3.8) is 0 Å². The van der Waals surface area contributed by atoms with E-state index >= 15 is 0 Å². The van der Waals surface area contributed by atoms with Gasteiger partial charge in [0.15, 0.2) is 5.96 Å². The maximum Gasteiger partial charge on any atom is 0.253 e. The molecule has 1 N–H and O–H groups in total. The van der Waals surface area contributed by atoms with Crippen molar-refractivity contribution in [1.82, 2.24) is 15.1 Å². The van der Waals surface area contributed by atoms with Gasteiger partial charge in [0, 0.05) is 39.3 Å². The van der Waals surface area contributed by atoms with Crippen molar-refractivity contribution in [3.8, 4) is 0 Å². The molecule has 5 nitrogen and oxygen atoms in total. The molecule has 0 radical (unpaired) electrons. The first-order chi connectivity index (χ1) is 14.1. The topological polar surface area (TPSA) is 47.9 Å². The molecule has 2 aromatic carbocycles. The Hall–Kier alpha value is -2.09. The molecule has 6 heteroatoms. The zero-order valence-electron chi connectivity index (χ0n) is 18.2. The first-order valence-electron chi connectivity index (χ1n) is 10.4. The van der Waals surface area contributed by atoms with Gasteiger partial charge in [-0.1, -0.05) is 42.5 Å². The molecule has 0 aliphatic carbocycles. The number of halogens is 1. The maximum atomic E-state index is 12.0. The highest BCUT2D eigenvalue weighted by atomic mass is 127. The lowest BCUT2D eigenvalue weighted by atomic mass is 9.99. The van der Waals surface area contributed by atoms with Crippen LogP contribution in [0, 0.1) is 5.92 Å². The number of hydrogen-bond donors (Lipinski definition) is 1. The number of carbonyl (C=O) groups excluding carboxylic acids is 1. The number of carbonyl (C=O) groups is 1. The second-order valence-electron chi connectivity index (χ2n) is 7.86. The van der Waals surface area contributed by atoms with Crippen LogP contribution in [0.3, 0.4) is 0 Å². The van der Waals surface area contributed by atoms with Crippen LogP contribution in [0.5, 0.6) is 0 Å². The summed E-state index contributed by atoms with van der Waals surface area (Å²) in [5.74, 6) is 1.67. The molecule has 30 heavy (non-hydrogen) atoms. The fraction of sp³-hybridized carbons (Fsp3) is 0.417. The quantitative estimate of drug-likeness (QED) is 0.356. The molecule has 1 fully saturated rings. The standard InChI is InChI=1S/C24H32N4O.HI/c1-4-25-24(26-17-20-10-12-22(13-11-20)23(29)27(2)3)28-15-14-21(18-28)16-19-8-6-5-7-9-19;/h5-13,21H,4,14-18H2,1-3H3,(H,25,26);1H. The summed E-state index contributed by atoms with van der Waals surface area (Å²) >= 11 is 0. The lowest BCUT2D eigenvalue weighted by Gasteiger charge is -2.22. The van der Waals surface area contributed by atoms with Crippen molar-refractivity contribution in [3.05, 3.63) is 71.3 Å². The molecular formula is C24H33IN4O. The van der Waals surface area contributed by atoms with Crippen molar-refractivity contribution in [1.29, 1.82) is 0 Å². The third-order valence-corrected chi connectivity index (χ3v) is 5.31. The van der Waals surface area contributed by atoms with E-state index in [0.717, 1.165) is 37.6 Å². The van der Waals surface area contributed by atoms with Gasteiger partial charge in [0.1, 0.15) is 0 Å². The van der Waals surface area contributed by atoms with Crippen molar-refractivity contribution < 1.29 is 4.79 Å². The van der Waals surface area contributed by atoms with Crippen LogP contribution >= 0.6 is 24.0 Å². The van der Waals surface area contributed by atoms with E-state index in [-0.39, 0.29) is 29.9 Å². The number of guanidine groups is 1. The zero-order valence-corrected chi connectivity index (χ0v) is 20.5. The summed E-state index contributed by atoms with van der Waals surface area (Å²) in [7, 11) is 3.54. The monoisotopic (exact) mass is 520 g/mol. The van der Waals surface area contributed by atoms with Gasteiger partial charge in [0.2, 0.25) is 0 Å². The molecule has 0 bridgehead atoms. The SMILES string of the molecule is CCNC(=NCc1ccc(C(=O)N(C)C)cc1)N1CCC(Cc2ccccc2)C1.I. The molecule has 2 aromatic rings. The van der Waals surface area contributed by atoms with E-state index < -0.39 is 0 Å². The molecule has 1 atom stereocenters. The van der Waals surface area contributed by atoms with Gasteiger partial charge in [-0.05, 0) is 48.9 Å². The Morgan fingerprint density at radius 3 is 2.43 bits per heavy atom. The number of hydrogen-bond acceptors (Lipinski definition) is 2. The minimum Gasteiger partial charge on any atom is -0.357 e. The molecular weight excluding hydrogens is 487 g/mol. The number of aliphatic imine (C=N–C) groups is 1. The van der Waals surface area contributed by atoms with Crippen molar-refractivity contribution in [2.45, 2.75) is 26.3 Å². The van der Waals surface area contributed by atoms with Crippen molar-refractivity contribution >= 4 is 35.8 Å². The Bertz CT molecular complexity index is 821. The number of benzene rings is 2. The van der Waals surface area contributed by atoms with Crippen LogP contribution in [0.1, 0.15) is 34.8 Å². The van der Waals surface area contributed by atoms with E-state index in [1.807, 2.05) is 24.3 Å². The summed E-state index contributed by atoms with van der Waals surface area (Å²) in [6.45, 7) is 5.65. The first-order valence-corrected chi connectivity index (χ1v) is 10.4. The van der Waals surface area contributed by atoms with Crippen LogP contribution in [-0.4, -0.2) is 55.4 Å². The summed E-state index contributed by atoms with van der Waals surface area (Å²) in [6, 6.07) is 18.5. The van der Waals surface area contributed by atoms with Gasteiger partial charge in [0.05, 0.1) is 6.54 Å². The van der Waals surface area contributed by atoms with E-state index in [2.05, 4.69) is 47.5 Å². The Balaban J connectivity index is 0.00000320. The smallest absolute Gasteiger partial charge is 0.253 e. The molecule has 1 heterocycles. The van der Waals surface area contributed by atoms with Gasteiger partial charge in [-0.3, -0.25) is 4.79 Å². The van der Waals surface area contributed by atoms with Gasteiger partial charge in [-0.25, -0.2) is 4.99 Å². The molecule has 1 amide bonds. The zero-order chi connectivity index (χ0) is 20.6. The molecule has 0 aromatic heterocycles. The van der Waals surface area contributed by atoms with E-state index in [9.17, 15) is 4.79 Å². The molecule has 1 saturated heterocycles. The van der Waals surface area contributed by atoms with Crippen LogP contribution in [0.15, 0.2) is 59.6 Å². The largest absolute Gasteiger partial charge is 0.357 e. The Morgan fingerprint density at radius 1 is 1.10 bits per heavy atom. The fourth-order valence-corrected chi connectivity index (χ4v) is 3.74. The second kappa shape index (κ2) is 11.9. The Morgan fingerprint density at radius 2 is 1.80 bits per heavy atom. The number of rotatable bonds is 6. The van der Waals surface area contributed by atoms with Crippen LogP contribution in [0.25, 0.3) is 0 Å². The van der Waals surface area contributed by atoms with Gasteiger partial charge in [-0.2, -0.15) is 0 Å². The molecule has 1 unspecified atom stereocenters. The Kier molecular flexibility index (Phi) is 9.62. The molecule has 0 spiro atoms. The number of amides is 1. The van der Waals surface area contributed by atoms with E-state index in [4.69, 9.17) is 4.99 Å². The lowest BCUT2D eigenvalue weighted by molar-refractivity contribution is 0.0827. The highest BCUT2D eigenvalue weighted by Crippen LogP contribution is 2.21. The fourth-order valence-electron chi connectivity index (χ4n) is 3.74. The Labute approximate surface area is 197 Å². The second-order valence-corrected chi connectivity index (χ2v) is 7.86. The highest BCUT2D eigenvalue weighted by Gasteiger charge is 2.24. The maximum absolute atomic E-state index is 12.0. The molecule has 0 saturated carbocycles. The van der Waals surface area contributed by atoms with Gasteiger partial charge in [0.25, 0.3) is 5.91 Å². The minimum atomic E-state index is 0. The summed E-state index contributed by atoms with van der Waals surface area (Å²) in [5.41, 5.74) is 3.22. The average Bonchev–Trinajstić information content (AvgIpc) is 3.20. The molecule has 1 aliphatic heterocycles. The number of nitrogens with one attached hydrogen (secondary N) is 1. The number of likely N-dealkylation sites (tertiary alicyclic amines) is 1. The minimum absolute atomic E-state index is 0. The van der Waals surface area contributed by atoms with Gasteiger partial charge < -0.3 is 15.1 Å². The molecule has 1 aliphatic rings. The molecule has 3 rings (SSSR count). The van der Waals surface area contributed by atoms with Crippen molar-refractivity contribution in [2.75, 3.05) is 33.7 Å². The summed E-state index contributed by atoms with van der Waals surface area (Å²) in [5, 5.41) is 3.44. The van der Waals surface area contributed by atoms with E-state index in [1.54, 1.807) is 19.0 Å². The molecule has 162 valence electrons. The summed E-state index contributed by atoms with van der Waals surface area (Å²) in [6.07, 6.45) is 2.32. The third-order valence-electron chi connectivity index (χ3n) is 5.31. The first kappa shape index (κ1) is 24.2. The van der Waals surface area contributed by atoms with E-state index in [1.165, 1.54) is 12.0 Å². The highest BCUT2D eigenvalue weighted by molar-refractivity contribution is 14.0. The van der Waals surface area contributed by atoms with Crippen LogP contribution in [-0.2, 0) is 13.0 Å². The third kappa shape index (κ3) is 6.72. The lowest BCUT2D eigenvalue weighted by Crippen LogP contribution is -2.40. The normalized spacial score (nSPS) is 16.2. The van der Waals surface area contributed by atoms with Crippen molar-refractivity contribution in [2.24, 2.45) is 10.9 Å². The summed E-state index contributed by atoms with van der Waals surface area (Å²) < 4.78 is 0. The predicted molar refractivity (Wildman–Crippen MR) is 135 cm³/mol. The van der Waals surface area contributed by atoms with Crippen LogP contribution in [0.2, 0.25) is 0 Å². The number of nitrogens with zero attached hydrogens (tertiary/aromatic N) is 3. The summed E-state index contributed by atoms with van der Waals surface area (Å²) in [4.78, 5) is 20.8. The van der Waals surface area contributed by atoms with E-state index in [0.29, 0.717) is 18.0 Å². The van der Waals surface area contributed by atoms with Crippen LogP contribution < -0.4 is 5.32 Å². The average molecular weight is 520 g/mol. The van der Waals surface area contributed by atoms with Gasteiger partial charge in [-0.15, -0.1) is 24.0 Å². The van der Waals surface area contributed by atoms with Crippen LogP contribution in [0.4, 0.5) is 0 Å². The predicted octanol–water partition coefficient (Wildman–Crippen LogP) is 4.04.